The first kappa shape index (κ1) is 15.0. The van der Waals surface area contributed by atoms with Crippen molar-refractivity contribution in [2.24, 2.45) is 0 Å². The van der Waals surface area contributed by atoms with Crippen molar-refractivity contribution >= 4 is 11.5 Å². The molecular weight excluding hydrogens is 291 g/mol. The summed E-state index contributed by atoms with van der Waals surface area (Å²) in [5, 5.41) is 3.31. The first-order chi connectivity index (χ1) is 11.3. The molecule has 2 aromatic heterocycles. The summed E-state index contributed by atoms with van der Waals surface area (Å²) in [5.74, 6) is 0.608. The van der Waals surface area contributed by atoms with Crippen LogP contribution in [0.5, 0.6) is 0 Å². The summed E-state index contributed by atoms with van der Waals surface area (Å²) < 4.78 is 15.1. The molecule has 1 N–H and O–H groups in total. The van der Waals surface area contributed by atoms with E-state index in [1.54, 1.807) is 25.4 Å². The molecule has 0 atom stereocenters. The van der Waals surface area contributed by atoms with E-state index in [9.17, 15) is 4.39 Å². The zero-order valence-corrected chi connectivity index (χ0v) is 12.8. The van der Waals surface area contributed by atoms with Crippen LogP contribution in [0.3, 0.4) is 0 Å². The fourth-order valence-electron chi connectivity index (χ4n) is 2.30. The van der Waals surface area contributed by atoms with Gasteiger partial charge in [-0.2, -0.15) is 0 Å². The Hall–Kier alpha value is -2.95. The number of imidazole rings is 1. The van der Waals surface area contributed by atoms with Gasteiger partial charge in [0.2, 0.25) is 0 Å². The molecule has 0 spiro atoms. The van der Waals surface area contributed by atoms with Gasteiger partial charge in [-0.15, -0.1) is 0 Å². The minimum Gasteiger partial charge on any atom is -0.366 e. The minimum absolute atomic E-state index is 0.252. The molecule has 0 fully saturated rings. The lowest BCUT2D eigenvalue weighted by Crippen LogP contribution is -2.03. The molecule has 0 unspecified atom stereocenters. The quantitative estimate of drug-likeness (QED) is 0.717. The second-order valence-corrected chi connectivity index (χ2v) is 4.94. The van der Waals surface area contributed by atoms with Gasteiger partial charge in [0.15, 0.2) is 5.65 Å². The molecule has 0 saturated carbocycles. The third-order valence-corrected chi connectivity index (χ3v) is 3.42. The second kappa shape index (κ2) is 6.87. The Labute approximate surface area is 134 Å². The summed E-state index contributed by atoms with van der Waals surface area (Å²) in [6, 6.07) is 9.94. The van der Waals surface area contributed by atoms with Crippen LogP contribution in [-0.4, -0.2) is 20.9 Å². The predicted molar refractivity (Wildman–Crippen MR) is 90.9 cm³/mol. The van der Waals surface area contributed by atoms with Gasteiger partial charge in [0.25, 0.3) is 0 Å². The van der Waals surface area contributed by atoms with Crippen LogP contribution >= 0.6 is 0 Å². The highest BCUT2D eigenvalue weighted by Gasteiger charge is 2.12. The number of nitrogens with one attached hydrogen (secondary N) is 1. The molecule has 3 rings (SSSR count). The number of benzene rings is 1. The Kier molecular flexibility index (Phi) is 4.47. The fourth-order valence-corrected chi connectivity index (χ4v) is 2.30. The van der Waals surface area contributed by atoms with E-state index in [1.165, 1.54) is 12.2 Å². The van der Waals surface area contributed by atoms with Crippen molar-refractivity contribution < 1.29 is 4.39 Å². The number of fused-ring (bicyclic) bond motifs is 1. The zero-order valence-electron chi connectivity index (χ0n) is 12.8. The van der Waals surface area contributed by atoms with Crippen LogP contribution in [0.4, 0.5) is 10.2 Å². The highest BCUT2D eigenvalue weighted by molar-refractivity contribution is 5.76. The number of hydrogen-bond donors (Lipinski definition) is 1. The monoisotopic (exact) mass is 308 g/mol. The molecule has 23 heavy (non-hydrogen) atoms. The van der Waals surface area contributed by atoms with E-state index in [1.807, 2.05) is 40.9 Å². The van der Waals surface area contributed by atoms with E-state index < -0.39 is 0 Å². The molecular formula is C18H17FN4. The summed E-state index contributed by atoms with van der Waals surface area (Å²) in [6.07, 6.45) is 9.89. The van der Waals surface area contributed by atoms with E-state index in [4.69, 9.17) is 0 Å². The molecule has 116 valence electrons. The number of halogens is 1. The molecule has 0 radical (unpaired) electrons. The third kappa shape index (κ3) is 3.29. The van der Waals surface area contributed by atoms with Gasteiger partial charge in [-0.25, -0.2) is 9.37 Å². The van der Waals surface area contributed by atoms with Gasteiger partial charge in [-0.05, 0) is 13.0 Å². The Morgan fingerprint density at radius 1 is 1.30 bits per heavy atom. The molecule has 4 nitrogen and oxygen atoms in total. The van der Waals surface area contributed by atoms with Crippen molar-refractivity contribution in [1.82, 2.24) is 14.4 Å². The number of aromatic nitrogens is 3. The lowest BCUT2D eigenvalue weighted by Gasteiger charge is -2.06. The molecule has 0 amide bonds. The van der Waals surface area contributed by atoms with Crippen LogP contribution in [0, 0.1) is 0 Å². The van der Waals surface area contributed by atoms with Gasteiger partial charge in [-0.1, -0.05) is 42.5 Å². The minimum atomic E-state index is -0.252. The van der Waals surface area contributed by atoms with Gasteiger partial charge < -0.3 is 5.32 Å². The maximum Gasteiger partial charge on any atom is 0.157 e. The van der Waals surface area contributed by atoms with Gasteiger partial charge in [0.1, 0.15) is 17.3 Å². The van der Waals surface area contributed by atoms with Gasteiger partial charge in [-0.3, -0.25) is 9.38 Å². The summed E-state index contributed by atoms with van der Waals surface area (Å²) >= 11 is 0. The number of anilines is 1. The van der Waals surface area contributed by atoms with Crippen molar-refractivity contribution in [2.75, 3.05) is 11.9 Å². The first-order valence-electron chi connectivity index (χ1n) is 7.39. The average Bonchev–Trinajstić information content (AvgIpc) is 2.98. The molecule has 0 aliphatic heterocycles. The van der Waals surface area contributed by atoms with Crippen LogP contribution in [0.2, 0.25) is 0 Å². The lowest BCUT2D eigenvalue weighted by atomic mass is 10.1. The molecule has 0 aliphatic rings. The summed E-state index contributed by atoms with van der Waals surface area (Å²) in [6.45, 7) is 2.16. The lowest BCUT2D eigenvalue weighted by molar-refractivity contribution is 0.664. The molecule has 0 saturated heterocycles. The molecule has 3 aromatic rings. The van der Waals surface area contributed by atoms with E-state index in [0.717, 1.165) is 22.7 Å². The van der Waals surface area contributed by atoms with Crippen molar-refractivity contribution in [3.63, 3.8) is 0 Å². The van der Waals surface area contributed by atoms with E-state index >= 15 is 0 Å². The molecule has 5 heteroatoms. The Morgan fingerprint density at radius 2 is 2.13 bits per heavy atom. The largest absolute Gasteiger partial charge is 0.366 e. The Bertz CT molecular complexity index is 850. The second-order valence-electron chi connectivity index (χ2n) is 4.94. The summed E-state index contributed by atoms with van der Waals surface area (Å²) in [4.78, 5) is 8.75. The standard InChI is InChI=1S/C18H17FN4/c1-2-15(19)9-6-10-21-18-17(14-7-4-3-5-8-14)22-16-13-20-11-12-23(16)18/h2-9,11-13,21H,10H2,1H3/b9-6-,15-2+. The van der Waals surface area contributed by atoms with Crippen LogP contribution < -0.4 is 5.32 Å². The van der Waals surface area contributed by atoms with Gasteiger partial charge in [0.05, 0.1) is 6.20 Å². The highest BCUT2D eigenvalue weighted by Crippen LogP contribution is 2.28. The smallest absolute Gasteiger partial charge is 0.157 e. The maximum atomic E-state index is 13.1. The predicted octanol–water partition coefficient (Wildman–Crippen LogP) is 4.24. The molecule has 0 bridgehead atoms. The van der Waals surface area contributed by atoms with Crippen molar-refractivity contribution in [3.8, 4) is 11.3 Å². The Morgan fingerprint density at radius 3 is 2.91 bits per heavy atom. The van der Waals surface area contributed by atoms with Crippen LogP contribution in [-0.2, 0) is 0 Å². The van der Waals surface area contributed by atoms with Crippen molar-refractivity contribution in [2.45, 2.75) is 6.92 Å². The third-order valence-electron chi connectivity index (χ3n) is 3.42. The normalized spacial score (nSPS) is 12.2. The van der Waals surface area contributed by atoms with E-state index in [0.29, 0.717) is 6.54 Å². The highest BCUT2D eigenvalue weighted by atomic mass is 19.1. The van der Waals surface area contributed by atoms with E-state index in [-0.39, 0.29) is 5.83 Å². The SMILES string of the molecule is C/C=C(F)\C=C/CNc1c(-c2ccccc2)nc2cnccn12. The van der Waals surface area contributed by atoms with Crippen LogP contribution in [0.1, 0.15) is 6.92 Å². The average molecular weight is 308 g/mol. The molecule has 2 heterocycles. The maximum absolute atomic E-state index is 13.1. The molecule has 0 aliphatic carbocycles. The van der Waals surface area contributed by atoms with Gasteiger partial charge in [0, 0.05) is 24.5 Å². The number of rotatable bonds is 5. The van der Waals surface area contributed by atoms with E-state index in [2.05, 4.69) is 15.3 Å². The topological polar surface area (TPSA) is 42.2 Å². The van der Waals surface area contributed by atoms with Crippen LogP contribution in [0.25, 0.3) is 16.9 Å². The number of hydrogen-bond acceptors (Lipinski definition) is 3. The Balaban J connectivity index is 1.95. The van der Waals surface area contributed by atoms with Gasteiger partial charge >= 0.3 is 0 Å². The van der Waals surface area contributed by atoms with Crippen molar-refractivity contribution in [1.29, 1.82) is 0 Å². The number of nitrogens with zero attached hydrogens (tertiary/aromatic N) is 3. The fraction of sp³-hybridized carbons (Fsp3) is 0.111. The number of allylic oxidation sites excluding steroid dienone is 3. The van der Waals surface area contributed by atoms with Crippen molar-refractivity contribution in [3.05, 3.63) is 73.0 Å². The summed E-state index contributed by atoms with van der Waals surface area (Å²) in [5.41, 5.74) is 2.62. The first-order valence-corrected chi connectivity index (χ1v) is 7.39. The van der Waals surface area contributed by atoms with Crippen LogP contribution in [0.15, 0.2) is 73.0 Å². The zero-order chi connectivity index (χ0) is 16.1. The summed E-state index contributed by atoms with van der Waals surface area (Å²) in [7, 11) is 0. The molecule has 1 aromatic carbocycles.